The highest BCUT2D eigenvalue weighted by molar-refractivity contribution is 7.99. The van der Waals surface area contributed by atoms with Crippen molar-refractivity contribution in [2.45, 2.75) is 35.9 Å². The van der Waals surface area contributed by atoms with Crippen molar-refractivity contribution in [3.63, 3.8) is 0 Å². The maximum Gasteiger partial charge on any atom is 0.373 e. The molecule has 7 nitrogen and oxygen atoms in total. The second-order valence-corrected chi connectivity index (χ2v) is 10.8. The summed E-state index contributed by atoms with van der Waals surface area (Å²) in [6, 6.07) is 14.8. The van der Waals surface area contributed by atoms with Crippen molar-refractivity contribution in [3.05, 3.63) is 47.5 Å². The van der Waals surface area contributed by atoms with Gasteiger partial charge in [-0.05, 0) is 63.1 Å². The van der Waals surface area contributed by atoms with E-state index in [0.29, 0.717) is 26.0 Å². The molecule has 2 aliphatic rings. The van der Waals surface area contributed by atoms with Crippen LogP contribution in [0.15, 0.2) is 52.3 Å². The van der Waals surface area contributed by atoms with Crippen LogP contribution in [0.1, 0.15) is 19.3 Å². The second-order valence-electron chi connectivity index (χ2n) is 9.32. The van der Waals surface area contributed by atoms with Crippen LogP contribution >= 0.6 is 23.4 Å². The summed E-state index contributed by atoms with van der Waals surface area (Å²) in [5.74, 6) is -0.165. The summed E-state index contributed by atoms with van der Waals surface area (Å²) in [4.78, 5) is 21.7. The Kier molecular flexibility index (Phi) is 10.4. The maximum atomic E-state index is 11.9. The Bertz CT molecular complexity index is 1010. The molecule has 0 radical (unpaired) electrons. The van der Waals surface area contributed by atoms with E-state index in [1.54, 1.807) is 6.82 Å². The van der Waals surface area contributed by atoms with Crippen molar-refractivity contribution >= 4 is 47.8 Å². The largest absolute Gasteiger partial charge is 0.464 e. The predicted octanol–water partition coefficient (Wildman–Crippen LogP) is 3.97. The van der Waals surface area contributed by atoms with Crippen LogP contribution in [0.3, 0.4) is 0 Å². The van der Waals surface area contributed by atoms with E-state index < -0.39 is 7.05 Å². The molecule has 0 amide bonds. The number of halogens is 1. The Morgan fingerprint density at radius 2 is 1.75 bits per heavy atom. The zero-order valence-electron chi connectivity index (χ0n) is 21.0. The van der Waals surface area contributed by atoms with Gasteiger partial charge in [-0.15, -0.1) is 0 Å². The molecule has 0 spiro atoms. The molecular formula is C26H36BClN4O3S. The second kappa shape index (κ2) is 13.7. The average Bonchev–Trinajstić information content (AvgIpc) is 2.87. The number of nitrogens with one attached hydrogen (secondary N) is 1. The summed E-state index contributed by atoms with van der Waals surface area (Å²) in [6.07, 6.45) is 2.12. The molecule has 2 N–H and O–H groups in total. The summed E-state index contributed by atoms with van der Waals surface area (Å²) in [5.41, 5.74) is 2.46. The molecule has 0 aromatic heterocycles. The lowest BCUT2D eigenvalue weighted by atomic mass is 9.89. The number of carbonyl (C=O) groups excluding carboxylic acids is 1. The van der Waals surface area contributed by atoms with E-state index >= 15 is 0 Å². The summed E-state index contributed by atoms with van der Waals surface area (Å²) < 4.78 is 5.38. The fraction of sp³-hybridized carbons (Fsp3) is 0.500. The molecule has 2 aliphatic heterocycles. The lowest BCUT2D eigenvalue weighted by Gasteiger charge is -2.36. The molecule has 0 aliphatic carbocycles. The first kappa shape index (κ1) is 27.3. The fourth-order valence-electron chi connectivity index (χ4n) is 4.64. The maximum absolute atomic E-state index is 11.9. The topological polar surface area (TPSA) is 68.3 Å². The van der Waals surface area contributed by atoms with Crippen LogP contribution in [0.2, 0.25) is 11.8 Å². The number of rotatable bonds is 12. The third-order valence-electron chi connectivity index (χ3n) is 6.58. The van der Waals surface area contributed by atoms with E-state index in [2.05, 4.69) is 56.3 Å². The number of anilines is 2. The number of hydrogen-bond acceptors (Lipinski definition) is 8. The van der Waals surface area contributed by atoms with Crippen molar-refractivity contribution in [3.8, 4) is 0 Å². The van der Waals surface area contributed by atoms with Gasteiger partial charge in [0, 0.05) is 60.5 Å². The number of hydrogen-bond donors (Lipinski definition) is 2. The Balaban J connectivity index is 1.16. The zero-order valence-corrected chi connectivity index (χ0v) is 22.6. The van der Waals surface area contributed by atoms with Crippen LogP contribution < -0.4 is 10.1 Å². The van der Waals surface area contributed by atoms with Crippen LogP contribution in [0, 0.1) is 0 Å². The first-order chi connectivity index (χ1) is 17.5. The average molecular weight is 531 g/mol. The van der Waals surface area contributed by atoms with Gasteiger partial charge in [-0.25, -0.2) is 0 Å². The van der Waals surface area contributed by atoms with E-state index in [1.165, 1.54) is 21.2 Å². The molecule has 2 aromatic carbocycles. The molecule has 1 saturated heterocycles. The Morgan fingerprint density at radius 3 is 2.53 bits per heavy atom. The SMILES string of the molecule is CB(O)NCCCC(=O)OCCN1CCN(CCCN2c3ccccc3Sc3ccc(Cl)cc32)CC1. The number of fused-ring (bicyclic) bond motifs is 2. The summed E-state index contributed by atoms with van der Waals surface area (Å²) in [6.45, 7) is 9.58. The van der Waals surface area contributed by atoms with E-state index in [0.717, 1.165) is 57.3 Å². The minimum Gasteiger partial charge on any atom is -0.464 e. The Labute approximate surface area is 224 Å². The highest BCUT2D eigenvalue weighted by Gasteiger charge is 2.24. The van der Waals surface area contributed by atoms with Gasteiger partial charge in [0.15, 0.2) is 0 Å². The molecule has 36 heavy (non-hydrogen) atoms. The Hall–Kier alpha value is -1.75. The number of para-hydroxylation sites is 1. The molecule has 0 unspecified atom stereocenters. The molecular weight excluding hydrogens is 495 g/mol. The number of esters is 1. The van der Waals surface area contributed by atoms with Gasteiger partial charge in [0.1, 0.15) is 6.61 Å². The Morgan fingerprint density at radius 1 is 1.03 bits per heavy atom. The number of benzene rings is 2. The first-order valence-corrected chi connectivity index (χ1v) is 14.0. The first-order valence-electron chi connectivity index (χ1n) is 12.9. The highest BCUT2D eigenvalue weighted by Crippen LogP contribution is 2.48. The molecule has 2 heterocycles. The standard InChI is InChI=1S/C26H36BClN4O3S/c1-27(34)29-11-4-8-26(33)35-19-18-31-16-14-30(15-17-31)12-5-13-32-22-6-2-3-7-24(22)36-25-10-9-21(28)20-23(25)32/h2-3,6-7,9-10,20,29,34H,4-5,8,11-19H2,1H3. The summed E-state index contributed by atoms with van der Waals surface area (Å²) >= 11 is 8.15. The van der Waals surface area contributed by atoms with Gasteiger partial charge in [-0.3, -0.25) is 9.69 Å². The molecule has 0 atom stereocenters. The zero-order chi connectivity index (χ0) is 25.3. The van der Waals surface area contributed by atoms with Gasteiger partial charge >= 0.3 is 13.0 Å². The highest BCUT2D eigenvalue weighted by atomic mass is 35.5. The van der Waals surface area contributed by atoms with Gasteiger partial charge in [-0.2, -0.15) is 0 Å². The predicted molar refractivity (Wildman–Crippen MR) is 149 cm³/mol. The van der Waals surface area contributed by atoms with Crippen molar-refractivity contribution in [2.75, 3.05) is 63.9 Å². The minimum atomic E-state index is -0.545. The summed E-state index contributed by atoms with van der Waals surface area (Å²) in [7, 11) is -0.545. The van der Waals surface area contributed by atoms with E-state index in [1.807, 2.05) is 17.8 Å². The smallest absolute Gasteiger partial charge is 0.373 e. The van der Waals surface area contributed by atoms with Gasteiger partial charge in [0.25, 0.3) is 0 Å². The van der Waals surface area contributed by atoms with Gasteiger partial charge < -0.3 is 24.8 Å². The van der Waals surface area contributed by atoms with Crippen molar-refractivity contribution in [1.82, 2.24) is 15.0 Å². The third kappa shape index (κ3) is 7.87. The monoisotopic (exact) mass is 530 g/mol. The van der Waals surface area contributed by atoms with Gasteiger partial charge in [0.2, 0.25) is 0 Å². The number of carbonyl (C=O) groups is 1. The van der Waals surface area contributed by atoms with Crippen LogP contribution in [0.4, 0.5) is 11.4 Å². The van der Waals surface area contributed by atoms with Gasteiger partial charge in [0.05, 0.1) is 11.4 Å². The van der Waals surface area contributed by atoms with E-state index in [4.69, 9.17) is 21.4 Å². The van der Waals surface area contributed by atoms with Crippen LogP contribution in [-0.2, 0) is 9.53 Å². The molecule has 194 valence electrons. The molecule has 10 heteroatoms. The molecule has 2 aromatic rings. The quantitative estimate of drug-likeness (QED) is 0.243. The number of nitrogens with zero attached hydrogens (tertiary/aromatic N) is 3. The van der Waals surface area contributed by atoms with Crippen LogP contribution in [0.5, 0.6) is 0 Å². The normalized spacial score (nSPS) is 15.9. The minimum absolute atomic E-state index is 0.165. The summed E-state index contributed by atoms with van der Waals surface area (Å²) in [5, 5.41) is 12.8. The molecule has 1 fully saturated rings. The number of piperazine rings is 1. The number of ether oxygens (including phenoxy) is 1. The lowest BCUT2D eigenvalue weighted by molar-refractivity contribution is -0.144. The van der Waals surface area contributed by atoms with Crippen molar-refractivity contribution < 1.29 is 14.6 Å². The van der Waals surface area contributed by atoms with Crippen LogP contribution in [0.25, 0.3) is 0 Å². The molecule has 0 saturated carbocycles. The van der Waals surface area contributed by atoms with Crippen molar-refractivity contribution in [1.29, 1.82) is 0 Å². The molecule has 0 bridgehead atoms. The van der Waals surface area contributed by atoms with E-state index in [9.17, 15) is 4.79 Å². The lowest BCUT2D eigenvalue weighted by Crippen LogP contribution is -2.47. The fourth-order valence-corrected chi connectivity index (χ4v) is 5.88. The van der Waals surface area contributed by atoms with Crippen LogP contribution in [-0.4, -0.2) is 86.8 Å². The molecule has 4 rings (SSSR count). The third-order valence-corrected chi connectivity index (χ3v) is 7.94. The van der Waals surface area contributed by atoms with E-state index in [-0.39, 0.29) is 5.97 Å². The van der Waals surface area contributed by atoms with Crippen molar-refractivity contribution in [2.24, 2.45) is 0 Å². The van der Waals surface area contributed by atoms with Gasteiger partial charge in [-0.1, -0.05) is 35.5 Å².